The van der Waals surface area contributed by atoms with Crippen LogP contribution in [0.5, 0.6) is 5.88 Å². The van der Waals surface area contributed by atoms with E-state index >= 15 is 0 Å². The van der Waals surface area contributed by atoms with Gasteiger partial charge >= 0.3 is 0 Å². The van der Waals surface area contributed by atoms with Crippen molar-refractivity contribution in [2.24, 2.45) is 0 Å². The van der Waals surface area contributed by atoms with E-state index < -0.39 is 21.7 Å². The molecule has 1 aromatic heterocycles. The number of aryl methyl sites for hydroxylation is 2. The molecular weight excluding hydrogens is 467 g/mol. The first kappa shape index (κ1) is 24.7. The molecule has 0 aliphatic rings. The maximum Gasteiger partial charge on any atom is 0.267 e. The first-order chi connectivity index (χ1) is 15.5. The van der Waals surface area contributed by atoms with Gasteiger partial charge in [0.1, 0.15) is 10.8 Å². The molecule has 0 unspecified atom stereocenters. The van der Waals surface area contributed by atoms with Crippen LogP contribution in [-0.4, -0.2) is 31.7 Å². The number of amides is 1. The second-order valence-corrected chi connectivity index (χ2v) is 9.97. The average Bonchev–Trinajstić information content (AvgIpc) is 2.74. The van der Waals surface area contributed by atoms with Crippen molar-refractivity contribution >= 4 is 27.5 Å². The second kappa shape index (κ2) is 10.3. The molecule has 1 heterocycles. The number of rotatable bonds is 8. The number of benzene rings is 2. The fraction of sp³-hybridized carbons (Fsp3) is 0.250. The summed E-state index contributed by atoms with van der Waals surface area (Å²) in [5.74, 6) is -1.61. The highest BCUT2D eigenvalue weighted by Gasteiger charge is 2.19. The molecule has 1 atom stereocenters. The van der Waals surface area contributed by atoms with Crippen molar-refractivity contribution in [2.75, 3.05) is 6.26 Å². The number of ether oxygens (including phenoxy) is 1. The first-order valence-corrected chi connectivity index (χ1v) is 12.5. The lowest BCUT2D eigenvalue weighted by atomic mass is 9.99. The minimum absolute atomic E-state index is 0.118. The van der Waals surface area contributed by atoms with Crippen LogP contribution in [0.15, 0.2) is 54.7 Å². The molecular formula is C24H24ClFN2O4S. The monoisotopic (exact) mass is 490 g/mol. The van der Waals surface area contributed by atoms with E-state index in [4.69, 9.17) is 16.3 Å². The fourth-order valence-electron chi connectivity index (χ4n) is 3.31. The molecule has 33 heavy (non-hydrogen) atoms. The van der Waals surface area contributed by atoms with Crippen molar-refractivity contribution in [1.82, 2.24) is 9.71 Å². The Bertz CT molecular complexity index is 1270. The predicted molar refractivity (Wildman–Crippen MR) is 127 cm³/mol. The first-order valence-electron chi connectivity index (χ1n) is 10.2. The lowest BCUT2D eigenvalue weighted by molar-refractivity contribution is 0.0977. The lowest BCUT2D eigenvalue weighted by Crippen LogP contribution is -2.30. The van der Waals surface area contributed by atoms with E-state index in [9.17, 15) is 17.6 Å². The SMILES string of the molecule is Cc1cc(C(=O)NS(C)(=O)=O)c(F)cc1-c1cnc(O[C@@H](C)CCc2ccccc2)c(Cl)c1. The summed E-state index contributed by atoms with van der Waals surface area (Å²) in [6.45, 7) is 3.62. The smallest absolute Gasteiger partial charge is 0.267 e. The molecule has 0 bridgehead atoms. The topological polar surface area (TPSA) is 85.4 Å². The van der Waals surface area contributed by atoms with Crippen molar-refractivity contribution in [3.05, 3.63) is 82.3 Å². The van der Waals surface area contributed by atoms with Crippen molar-refractivity contribution in [1.29, 1.82) is 0 Å². The maximum atomic E-state index is 14.6. The minimum Gasteiger partial charge on any atom is -0.474 e. The van der Waals surface area contributed by atoms with Gasteiger partial charge in [-0.05, 0) is 61.6 Å². The third kappa shape index (κ3) is 6.76. The quantitative estimate of drug-likeness (QED) is 0.483. The number of hydrogen-bond acceptors (Lipinski definition) is 5. The molecule has 1 amide bonds. The van der Waals surface area contributed by atoms with Gasteiger partial charge < -0.3 is 4.74 Å². The number of sulfonamides is 1. The average molecular weight is 491 g/mol. The van der Waals surface area contributed by atoms with Crippen LogP contribution in [0, 0.1) is 12.7 Å². The van der Waals surface area contributed by atoms with Gasteiger partial charge in [0, 0.05) is 11.8 Å². The summed E-state index contributed by atoms with van der Waals surface area (Å²) in [7, 11) is -3.81. The summed E-state index contributed by atoms with van der Waals surface area (Å²) in [6, 6.07) is 14.1. The standard InChI is InChI=1S/C24H24ClFN2O4S/c1-15-11-20(23(29)28-33(3,30)31)22(26)13-19(15)18-12-21(25)24(27-14-18)32-16(2)9-10-17-7-5-4-6-8-17/h4-8,11-14,16H,9-10H2,1-3H3,(H,28,29)/t16-/m0/s1. The third-order valence-electron chi connectivity index (χ3n) is 4.95. The van der Waals surface area contributed by atoms with Gasteiger partial charge in [-0.2, -0.15) is 0 Å². The Hall–Kier alpha value is -2.97. The molecule has 1 N–H and O–H groups in total. The second-order valence-electron chi connectivity index (χ2n) is 7.81. The number of nitrogens with zero attached hydrogens (tertiary/aromatic N) is 1. The van der Waals surface area contributed by atoms with Crippen molar-refractivity contribution in [3.63, 3.8) is 0 Å². The molecule has 6 nitrogen and oxygen atoms in total. The Balaban J connectivity index is 1.75. The van der Waals surface area contributed by atoms with E-state index in [1.54, 1.807) is 17.7 Å². The molecule has 2 aromatic carbocycles. The molecule has 0 radical (unpaired) electrons. The van der Waals surface area contributed by atoms with Gasteiger partial charge in [-0.15, -0.1) is 0 Å². The van der Waals surface area contributed by atoms with Gasteiger partial charge in [0.05, 0.1) is 17.9 Å². The van der Waals surface area contributed by atoms with E-state index in [1.807, 2.05) is 25.1 Å². The highest BCUT2D eigenvalue weighted by atomic mass is 35.5. The maximum absolute atomic E-state index is 14.6. The Labute approximate surface area is 197 Å². The molecule has 0 fully saturated rings. The minimum atomic E-state index is -3.81. The van der Waals surface area contributed by atoms with E-state index in [0.717, 1.165) is 25.2 Å². The zero-order chi connectivity index (χ0) is 24.2. The van der Waals surface area contributed by atoms with Crippen LogP contribution in [0.3, 0.4) is 0 Å². The summed E-state index contributed by atoms with van der Waals surface area (Å²) >= 11 is 6.37. The Kier molecular flexibility index (Phi) is 7.71. The number of carbonyl (C=O) groups is 1. The number of hydrogen-bond donors (Lipinski definition) is 1. The molecule has 3 aromatic rings. The number of carbonyl (C=O) groups excluding carboxylic acids is 1. The van der Waals surface area contributed by atoms with Crippen molar-refractivity contribution < 1.29 is 22.3 Å². The highest BCUT2D eigenvalue weighted by Crippen LogP contribution is 2.32. The zero-order valence-corrected chi connectivity index (χ0v) is 20.0. The largest absolute Gasteiger partial charge is 0.474 e. The van der Waals surface area contributed by atoms with Crippen LogP contribution in [-0.2, 0) is 16.4 Å². The molecule has 0 spiro atoms. The highest BCUT2D eigenvalue weighted by molar-refractivity contribution is 7.89. The van der Waals surface area contributed by atoms with Crippen molar-refractivity contribution in [2.45, 2.75) is 32.8 Å². The van der Waals surface area contributed by atoms with Gasteiger partial charge in [-0.25, -0.2) is 22.5 Å². The summed E-state index contributed by atoms with van der Waals surface area (Å²) in [5, 5.41) is 0.276. The number of halogens is 2. The van der Waals surface area contributed by atoms with Crippen LogP contribution < -0.4 is 9.46 Å². The molecule has 0 saturated heterocycles. The number of pyridine rings is 1. The summed E-state index contributed by atoms with van der Waals surface area (Å²) in [4.78, 5) is 16.3. The van der Waals surface area contributed by atoms with Gasteiger partial charge in [0.25, 0.3) is 5.91 Å². The van der Waals surface area contributed by atoms with E-state index in [-0.39, 0.29) is 22.6 Å². The Morgan fingerprint density at radius 1 is 1.21 bits per heavy atom. The predicted octanol–water partition coefficient (Wildman–Crippen LogP) is 4.94. The van der Waals surface area contributed by atoms with Crippen molar-refractivity contribution in [3.8, 4) is 17.0 Å². The van der Waals surface area contributed by atoms with E-state index in [2.05, 4.69) is 17.1 Å². The van der Waals surface area contributed by atoms with Crippen LogP contribution in [0.2, 0.25) is 5.02 Å². The molecule has 174 valence electrons. The van der Waals surface area contributed by atoms with Gasteiger partial charge in [0.2, 0.25) is 15.9 Å². The van der Waals surface area contributed by atoms with E-state index in [1.165, 1.54) is 17.8 Å². The Morgan fingerprint density at radius 3 is 2.55 bits per heavy atom. The van der Waals surface area contributed by atoms with Gasteiger partial charge in [0.15, 0.2) is 0 Å². The molecule has 3 rings (SSSR count). The number of nitrogens with one attached hydrogen (secondary N) is 1. The fourth-order valence-corrected chi connectivity index (χ4v) is 3.97. The lowest BCUT2D eigenvalue weighted by Gasteiger charge is -2.16. The zero-order valence-electron chi connectivity index (χ0n) is 18.4. The van der Waals surface area contributed by atoms with Gasteiger partial charge in [-0.1, -0.05) is 41.9 Å². The van der Waals surface area contributed by atoms with Crippen LogP contribution >= 0.6 is 11.6 Å². The van der Waals surface area contributed by atoms with Crippen LogP contribution in [0.1, 0.15) is 34.8 Å². The Morgan fingerprint density at radius 2 is 1.91 bits per heavy atom. The van der Waals surface area contributed by atoms with Crippen LogP contribution in [0.4, 0.5) is 4.39 Å². The third-order valence-corrected chi connectivity index (χ3v) is 5.78. The summed E-state index contributed by atoms with van der Waals surface area (Å²) in [6.07, 6.45) is 3.86. The van der Waals surface area contributed by atoms with E-state index in [0.29, 0.717) is 16.7 Å². The summed E-state index contributed by atoms with van der Waals surface area (Å²) < 4.78 is 44.8. The van der Waals surface area contributed by atoms with Crippen LogP contribution in [0.25, 0.3) is 11.1 Å². The molecule has 0 saturated carbocycles. The molecule has 9 heteroatoms. The van der Waals surface area contributed by atoms with Gasteiger partial charge in [-0.3, -0.25) is 4.79 Å². The number of aromatic nitrogens is 1. The molecule has 0 aliphatic carbocycles. The normalized spacial score (nSPS) is 12.3. The summed E-state index contributed by atoms with van der Waals surface area (Å²) in [5.41, 5.74) is 2.41. The molecule has 0 aliphatic heterocycles.